The number of nitrogens with one attached hydrogen (secondary N) is 1. The molecule has 0 unspecified atom stereocenters. The van der Waals surface area contributed by atoms with Gasteiger partial charge in [-0.1, -0.05) is 11.6 Å². The van der Waals surface area contributed by atoms with Gasteiger partial charge >= 0.3 is 0 Å². The SMILES string of the molecule is COC1CC(Nc2cc(Cl)ccc2F)C1. The largest absolute Gasteiger partial charge is 0.381 e. The van der Waals surface area contributed by atoms with Crippen LogP contribution < -0.4 is 5.32 Å². The van der Waals surface area contributed by atoms with E-state index in [9.17, 15) is 4.39 Å². The number of hydrogen-bond acceptors (Lipinski definition) is 2. The minimum absolute atomic E-state index is 0.264. The molecule has 1 fully saturated rings. The summed E-state index contributed by atoms with van der Waals surface area (Å²) >= 11 is 5.79. The Labute approximate surface area is 93.4 Å². The van der Waals surface area contributed by atoms with E-state index in [1.807, 2.05) is 0 Å². The molecule has 1 saturated carbocycles. The Morgan fingerprint density at radius 3 is 2.87 bits per heavy atom. The molecule has 2 rings (SSSR count). The van der Waals surface area contributed by atoms with Gasteiger partial charge in [-0.05, 0) is 31.0 Å². The van der Waals surface area contributed by atoms with Crippen LogP contribution in [0.15, 0.2) is 18.2 Å². The minimum Gasteiger partial charge on any atom is -0.381 e. The summed E-state index contributed by atoms with van der Waals surface area (Å²) in [5.74, 6) is -0.264. The number of ether oxygens (including phenoxy) is 1. The van der Waals surface area contributed by atoms with Crippen LogP contribution in [0.2, 0.25) is 5.02 Å². The monoisotopic (exact) mass is 229 g/mol. The smallest absolute Gasteiger partial charge is 0.146 e. The lowest BCUT2D eigenvalue weighted by atomic mass is 9.89. The topological polar surface area (TPSA) is 21.3 Å². The number of rotatable bonds is 3. The van der Waals surface area contributed by atoms with Gasteiger partial charge in [-0.25, -0.2) is 4.39 Å². The van der Waals surface area contributed by atoms with E-state index in [-0.39, 0.29) is 5.82 Å². The van der Waals surface area contributed by atoms with Crippen molar-refractivity contribution in [1.29, 1.82) is 0 Å². The van der Waals surface area contributed by atoms with Gasteiger partial charge in [-0.3, -0.25) is 0 Å². The van der Waals surface area contributed by atoms with Crippen molar-refractivity contribution in [3.8, 4) is 0 Å². The fourth-order valence-electron chi connectivity index (χ4n) is 1.70. The Morgan fingerprint density at radius 1 is 1.47 bits per heavy atom. The first kappa shape index (κ1) is 10.7. The maximum Gasteiger partial charge on any atom is 0.146 e. The molecule has 1 aliphatic carbocycles. The molecule has 0 aliphatic heterocycles. The summed E-state index contributed by atoms with van der Waals surface area (Å²) in [4.78, 5) is 0. The molecule has 1 aliphatic rings. The molecule has 15 heavy (non-hydrogen) atoms. The predicted octanol–water partition coefficient (Wildman–Crippen LogP) is 3.07. The molecule has 0 aromatic heterocycles. The zero-order valence-corrected chi connectivity index (χ0v) is 9.22. The molecule has 2 nitrogen and oxygen atoms in total. The number of halogens is 2. The fraction of sp³-hybridized carbons (Fsp3) is 0.455. The highest BCUT2D eigenvalue weighted by Crippen LogP contribution is 2.28. The second-order valence-corrected chi connectivity index (χ2v) is 4.23. The van der Waals surface area contributed by atoms with Gasteiger partial charge in [0.25, 0.3) is 0 Å². The molecule has 0 heterocycles. The van der Waals surface area contributed by atoms with Gasteiger partial charge in [0.15, 0.2) is 0 Å². The minimum atomic E-state index is -0.264. The zero-order chi connectivity index (χ0) is 10.8. The van der Waals surface area contributed by atoms with E-state index in [1.165, 1.54) is 6.07 Å². The lowest BCUT2D eigenvalue weighted by Gasteiger charge is -2.35. The van der Waals surface area contributed by atoms with E-state index >= 15 is 0 Å². The van der Waals surface area contributed by atoms with Crippen LogP contribution in [0.4, 0.5) is 10.1 Å². The third-order valence-electron chi connectivity index (χ3n) is 2.72. The van der Waals surface area contributed by atoms with Crippen LogP contribution in [0.3, 0.4) is 0 Å². The van der Waals surface area contributed by atoms with Crippen LogP contribution in [-0.4, -0.2) is 19.3 Å². The van der Waals surface area contributed by atoms with Crippen LogP contribution in [0.25, 0.3) is 0 Å². The summed E-state index contributed by atoms with van der Waals surface area (Å²) in [6.45, 7) is 0. The molecule has 0 amide bonds. The van der Waals surface area contributed by atoms with E-state index < -0.39 is 0 Å². The van der Waals surface area contributed by atoms with Crippen molar-refractivity contribution in [1.82, 2.24) is 0 Å². The maximum atomic E-state index is 13.3. The Bertz CT molecular complexity index is 352. The summed E-state index contributed by atoms with van der Waals surface area (Å²) in [5.41, 5.74) is 0.474. The average molecular weight is 230 g/mol. The Kier molecular flexibility index (Phi) is 3.12. The van der Waals surface area contributed by atoms with Gasteiger partial charge in [-0.2, -0.15) is 0 Å². The number of benzene rings is 1. The van der Waals surface area contributed by atoms with Crippen molar-refractivity contribution in [2.24, 2.45) is 0 Å². The third kappa shape index (κ3) is 2.41. The molecular formula is C11H13ClFNO. The first-order chi connectivity index (χ1) is 7.19. The molecule has 1 aromatic rings. The highest BCUT2D eigenvalue weighted by molar-refractivity contribution is 6.30. The standard InChI is InChI=1S/C11H13ClFNO/c1-15-9-5-8(6-9)14-11-4-7(12)2-3-10(11)13/h2-4,8-9,14H,5-6H2,1H3. The molecule has 1 N–H and O–H groups in total. The second kappa shape index (κ2) is 4.37. The maximum absolute atomic E-state index is 13.3. The van der Waals surface area contributed by atoms with Gasteiger partial charge in [0, 0.05) is 18.2 Å². The fourth-order valence-corrected chi connectivity index (χ4v) is 1.88. The lowest BCUT2D eigenvalue weighted by Crippen LogP contribution is -2.40. The van der Waals surface area contributed by atoms with Gasteiger partial charge in [0.1, 0.15) is 5.82 Å². The highest BCUT2D eigenvalue weighted by atomic mass is 35.5. The summed E-state index contributed by atoms with van der Waals surface area (Å²) in [5, 5.41) is 3.66. The molecular weight excluding hydrogens is 217 g/mol. The Morgan fingerprint density at radius 2 is 2.20 bits per heavy atom. The first-order valence-corrected chi connectivity index (χ1v) is 5.31. The number of methoxy groups -OCH3 is 1. The Balaban J connectivity index is 1.97. The predicted molar refractivity (Wildman–Crippen MR) is 58.9 cm³/mol. The quantitative estimate of drug-likeness (QED) is 0.860. The van der Waals surface area contributed by atoms with Crippen molar-refractivity contribution in [3.63, 3.8) is 0 Å². The molecule has 0 radical (unpaired) electrons. The van der Waals surface area contributed by atoms with Gasteiger partial charge in [0.2, 0.25) is 0 Å². The molecule has 0 bridgehead atoms. The van der Waals surface area contributed by atoms with Crippen molar-refractivity contribution >= 4 is 17.3 Å². The molecule has 82 valence electrons. The van der Waals surface area contributed by atoms with Crippen molar-refractivity contribution in [2.45, 2.75) is 25.0 Å². The zero-order valence-electron chi connectivity index (χ0n) is 8.47. The summed E-state index contributed by atoms with van der Waals surface area (Å²) in [6.07, 6.45) is 2.15. The molecule has 1 aromatic carbocycles. The van der Waals surface area contributed by atoms with E-state index in [4.69, 9.17) is 16.3 Å². The van der Waals surface area contributed by atoms with Crippen LogP contribution in [0, 0.1) is 5.82 Å². The summed E-state index contributed by atoms with van der Waals surface area (Å²) in [7, 11) is 1.70. The van der Waals surface area contributed by atoms with Crippen molar-refractivity contribution in [2.75, 3.05) is 12.4 Å². The van der Waals surface area contributed by atoms with Crippen LogP contribution in [0.5, 0.6) is 0 Å². The van der Waals surface area contributed by atoms with Crippen LogP contribution >= 0.6 is 11.6 Å². The average Bonchev–Trinajstić information content (AvgIpc) is 2.16. The lowest BCUT2D eigenvalue weighted by molar-refractivity contribution is 0.0328. The van der Waals surface area contributed by atoms with Crippen molar-refractivity contribution < 1.29 is 9.13 Å². The molecule has 4 heteroatoms. The van der Waals surface area contributed by atoms with Crippen molar-refractivity contribution in [3.05, 3.63) is 29.0 Å². The highest BCUT2D eigenvalue weighted by Gasteiger charge is 2.29. The second-order valence-electron chi connectivity index (χ2n) is 3.79. The van der Waals surface area contributed by atoms with Gasteiger partial charge < -0.3 is 10.1 Å². The normalized spacial score (nSPS) is 24.7. The van der Waals surface area contributed by atoms with E-state index in [1.54, 1.807) is 19.2 Å². The summed E-state index contributed by atoms with van der Waals surface area (Å²) in [6, 6.07) is 4.82. The first-order valence-electron chi connectivity index (χ1n) is 4.93. The van der Waals surface area contributed by atoms with Crippen LogP contribution in [0.1, 0.15) is 12.8 Å². The Hall–Kier alpha value is -0.800. The van der Waals surface area contributed by atoms with E-state index in [2.05, 4.69) is 5.32 Å². The van der Waals surface area contributed by atoms with Crippen LogP contribution in [-0.2, 0) is 4.74 Å². The molecule has 0 spiro atoms. The number of anilines is 1. The summed E-state index contributed by atoms with van der Waals surface area (Å²) < 4.78 is 18.5. The van der Waals surface area contributed by atoms with E-state index in [0.717, 1.165) is 12.8 Å². The van der Waals surface area contributed by atoms with Gasteiger partial charge in [0.05, 0.1) is 11.8 Å². The van der Waals surface area contributed by atoms with E-state index in [0.29, 0.717) is 22.9 Å². The third-order valence-corrected chi connectivity index (χ3v) is 2.95. The van der Waals surface area contributed by atoms with Gasteiger partial charge in [-0.15, -0.1) is 0 Å². The number of hydrogen-bond donors (Lipinski definition) is 1. The molecule has 0 atom stereocenters. The molecule has 0 saturated heterocycles.